The molecule has 17 heavy (non-hydrogen) atoms. The van der Waals surface area contributed by atoms with Crippen LogP contribution in [-0.4, -0.2) is 20.1 Å². The molecule has 0 aliphatic carbocycles. The van der Waals surface area contributed by atoms with E-state index in [0.29, 0.717) is 27.5 Å². The molecule has 1 aromatic carbocycles. The number of hydrogen-bond donors (Lipinski definition) is 1. The van der Waals surface area contributed by atoms with Crippen LogP contribution in [0.5, 0.6) is 0 Å². The van der Waals surface area contributed by atoms with Crippen molar-refractivity contribution in [2.45, 2.75) is 13.3 Å². The van der Waals surface area contributed by atoms with E-state index in [1.807, 2.05) is 6.92 Å². The van der Waals surface area contributed by atoms with E-state index in [4.69, 9.17) is 23.2 Å². The van der Waals surface area contributed by atoms with E-state index >= 15 is 0 Å². The molecule has 96 valence electrons. The minimum atomic E-state index is -3.37. The first-order valence-electron chi connectivity index (χ1n) is 4.88. The molecule has 0 aromatic heterocycles. The zero-order valence-corrected chi connectivity index (χ0v) is 13.0. The molecule has 0 saturated heterocycles. The maximum Gasteiger partial charge on any atom is 0.232 e. The summed E-state index contributed by atoms with van der Waals surface area (Å²) >= 11 is 14.7. The van der Waals surface area contributed by atoms with Crippen molar-refractivity contribution in [1.82, 2.24) is 0 Å². The first kappa shape index (κ1) is 15.1. The van der Waals surface area contributed by atoms with Crippen LogP contribution in [0.1, 0.15) is 12.0 Å². The van der Waals surface area contributed by atoms with E-state index in [-0.39, 0.29) is 5.75 Å². The van der Waals surface area contributed by atoms with Crippen LogP contribution in [-0.2, 0) is 10.0 Å². The van der Waals surface area contributed by atoms with Gasteiger partial charge in [0.1, 0.15) is 0 Å². The summed E-state index contributed by atoms with van der Waals surface area (Å²) in [5, 5.41) is 0.517. The summed E-state index contributed by atoms with van der Waals surface area (Å²) in [7, 11) is -3.37. The van der Waals surface area contributed by atoms with E-state index < -0.39 is 10.0 Å². The molecule has 7 heteroatoms. The second-order valence-electron chi connectivity index (χ2n) is 3.54. The quantitative estimate of drug-likeness (QED) is 0.812. The van der Waals surface area contributed by atoms with Crippen LogP contribution in [0.15, 0.2) is 16.6 Å². The number of alkyl halides is 1. The van der Waals surface area contributed by atoms with Crippen LogP contribution in [0.3, 0.4) is 0 Å². The summed E-state index contributed by atoms with van der Waals surface area (Å²) in [6.07, 6.45) is 0.411. The van der Waals surface area contributed by atoms with E-state index in [2.05, 4.69) is 20.7 Å². The molecule has 1 N–H and O–H groups in total. The van der Waals surface area contributed by atoms with Gasteiger partial charge in [-0.25, -0.2) is 8.42 Å². The molecule has 0 atom stereocenters. The van der Waals surface area contributed by atoms with E-state index in [1.165, 1.54) is 0 Å². The first-order valence-corrected chi connectivity index (χ1v) is 8.23. The van der Waals surface area contributed by atoms with Crippen molar-refractivity contribution >= 4 is 54.8 Å². The predicted molar refractivity (Wildman–Crippen MR) is 76.6 cm³/mol. The van der Waals surface area contributed by atoms with Crippen LogP contribution in [0.4, 0.5) is 5.69 Å². The number of halogens is 3. The van der Waals surface area contributed by atoms with Crippen molar-refractivity contribution in [2.75, 3.05) is 16.4 Å². The van der Waals surface area contributed by atoms with Gasteiger partial charge in [0, 0.05) is 15.4 Å². The van der Waals surface area contributed by atoms with Gasteiger partial charge in [-0.2, -0.15) is 0 Å². The SMILES string of the molecule is Cc1cc(Br)c(NS(=O)(=O)CCCCl)cc1Cl. The Morgan fingerprint density at radius 3 is 2.65 bits per heavy atom. The molecule has 0 amide bonds. The molecule has 0 radical (unpaired) electrons. The molecular formula is C10H12BrCl2NO2S. The Labute approximate surface area is 120 Å². The Bertz CT molecular complexity index is 505. The van der Waals surface area contributed by atoms with E-state index in [0.717, 1.165) is 5.56 Å². The van der Waals surface area contributed by atoms with Gasteiger partial charge in [0.2, 0.25) is 10.0 Å². The number of rotatable bonds is 5. The molecule has 0 aliphatic rings. The summed E-state index contributed by atoms with van der Waals surface area (Å²) < 4.78 is 26.5. The number of hydrogen-bond acceptors (Lipinski definition) is 2. The molecular weight excluding hydrogens is 349 g/mol. The molecule has 0 spiro atoms. The minimum absolute atomic E-state index is 0.00552. The topological polar surface area (TPSA) is 46.2 Å². The highest BCUT2D eigenvalue weighted by Crippen LogP contribution is 2.29. The van der Waals surface area contributed by atoms with Gasteiger partial charge in [-0.1, -0.05) is 11.6 Å². The van der Waals surface area contributed by atoms with E-state index in [1.54, 1.807) is 12.1 Å². The van der Waals surface area contributed by atoms with Crippen molar-refractivity contribution in [3.63, 3.8) is 0 Å². The van der Waals surface area contributed by atoms with Gasteiger partial charge in [0.25, 0.3) is 0 Å². The van der Waals surface area contributed by atoms with Crippen LogP contribution in [0.25, 0.3) is 0 Å². The maximum atomic E-state index is 11.7. The predicted octanol–water partition coefficient (Wildman–Crippen LogP) is 3.78. The molecule has 1 rings (SSSR count). The third-order valence-corrected chi connectivity index (χ3v) is 4.75. The number of nitrogens with one attached hydrogen (secondary N) is 1. The first-order chi connectivity index (χ1) is 7.85. The largest absolute Gasteiger partial charge is 0.282 e. The monoisotopic (exact) mass is 359 g/mol. The Balaban J connectivity index is 2.92. The highest BCUT2D eigenvalue weighted by atomic mass is 79.9. The van der Waals surface area contributed by atoms with E-state index in [9.17, 15) is 8.42 Å². The number of benzene rings is 1. The Hall–Kier alpha value is 0.0300. The van der Waals surface area contributed by atoms with Crippen LogP contribution in [0.2, 0.25) is 5.02 Å². The lowest BCUT2D eigenvalue weighted by Gasteiger charge is -2.10. The zero-order valence-electron chi connectivity index (χ0n) is 9.13. The van der Waals surface area contributed by atoms with Gasteiger partial charge in [-0.3, -0.25) is 4.72 Å². The third kappa shape index (κ3) is 4.66. The second-order valence-corrected chi connectivity index (χ2v) is 7.03. The summed E-state index contributed by atoms with van der Waals surface area (Å²) in [6, 6.07) is 3.35. The van der Waals surface area contributed by atoms with Crippen molar-refractivity contribution in [3.8, 4) is 0 Å². The average molecular weight is 361 g/mol. The van der Waals surface area contributed by atoms with Gasteiger partial charge in [0.15, 0.2) is 0 Å². The van der Waals surface area contributed by atoms with Crippen LogP contribution >= 0.6 is 39.1 Å². The minimum Gasteiger partial charge on any atom is -0.282 e. The molecule has 3 nitrogen and oxygen atoms in total. The number of sulfonamides is 1. The Morgan fingerprint density at radius 2 is 2.06 bits per heavy atom. The van der Waals surface area contributed by atoms with Gasteiger partial charge in [0.05, 0.1) is 11.4 Å². The summed E-state index contributed by atoms with van der Waals surface area (Å²) in [6.45, 7) is 1.85. The second kappa shape index (κ2) is 6.27. The maximum absolute atomic E-state index is 11.7. The smallest absolute Gasteiger partial charge is 0.232 e. The number of anilines is 1. The lowest BCUT2D eigenvalue weighted by molar-refractivity contribution is 0.600. The highest BCUT2D eigenvalue weighted by molar-refractivity contribution is 9.10. The third-order valence-electron chi connectivity index (χ3n) is 2.06. The van der Waals surface area contributed by atoms with Crippen molar-refractivity contribution in [2.24, 2.45) is 0 Å². The fraction of sp³-hybridized carbons (Fsp3) is 0.400. The zero-order chi connectivity index (χ0) is 13.1. The normalized spacial score (nSPS) is 11.5. The van der Waals surface area contributed by atoms with Gasteiger partial charge >= 0.3 is 0 Å². The summed E-state index contributed by atoms with van der Waals surface area (Å²) in [5.41, 5.74) is 1.32. The molecule has 0 saturated carbocycles. The standard InChI is InChI=1S/C10H12BrCl2NO2S/c1-7-5-8(11)10(6-9(7)13)14-17(15,16)4-2-3-12/h5-6,14H,2-4H2,1H3. The van der Waals surface area contributed by atoms with Gasteiger partial charge in [-0.15, -0.1) is 11.6 Å². The molecule has 0 fully saturated rings. The van der Waals surface area contributed by atoms with Crippen molar-refractivity contribution in [1.29, 1.82) is 0 Å². The molecule has 0 aliphatic heterocycles. The molecule has 0 heterocycles. The lowest BCUT2D eigenvalue weighted by Crippen LogP contribution is -2.17. The fourth-order valence-corrected chi connectivity index (χ4v) is 3.46. The van der Waals surface area contributed by atoms with Crippen molar-refractivity contribution < 1.29 is 8.42 Å². The Morgan fingerprint density at radius 1 is 1.41 bits per heavy atom. The van der Waals surface area contributed by atoms with Crippen LogP contribution in [0, 0.1) is 6.92 Å². The van der Waals surface area contributed by atoms with Gasteiger partial charge in [-0.05, 0) is 47.0 Å². The van der Waals surface area contributed by atoms with Crippen molar-refractivity contribution in [3.05, 3.63) is 27.2 Å². The highest BCUT2D eigenvalue weighted by Gasteiger charge is 2.13. The van der Waals surface area contributed by atoms with Crippen LogP contribution < -0.4 is 4.72 Å². The summed E-state index contributed by atoms with van der Waals surface area (Å²) in [4.78, 5) is 0. The average Bonchev–Trinajstić information content (AvgIpc) is 2.23. The molecule has 0 unspecified atom stereocenters. The molecule has 1 aromatic rings. The fourth-order valence-electron chi connectivity index (χ4n) is 1.19. The molecule has 0 bridgehead atoms. The number of aryl methyl sites for hydroxylation is 1. The van der Waals surface area contributed by atoms with Gasteiger partial charge < -0.3 is 0 Å². The lowest BCUT2D eigenvalue weighted by atomic mass is 10.2. The summed E-state index contributed by atoms with van der Waals surface area (Å²) in [5.74, 6) is 0.311. The Kier molecular flexibility index (Phi) is 5.57.